The first kappa shape index (κ1) is 11.6. The van der Waals surface area contributed by atoms with Gasteiger partial charge in [-0.2, -0.15) is 0 Å². The van der Waals surface area contributed by atoms with Crippen LogP contribution in [0.15, 0.2) is 41.3 Å². The number of hydrogen-bond donors (Lipinski definition) is 2. The highest BCUT2D eigenvalue weighted by Gasteiger charge is 2.55. The maximum atomic E-state index is 4.39. The number of aliphatic imine (C=N–C) groups is 1. The lowest BCUT2D eigenvalue weighted by molar-refractivity contribution is 0.103. The van der Waals surface area contributed by atoms with Crippen LogP contribution in [0.5, 0.6) is 0 Å². The Labute approximate surface area is 109 Å². The Balaban J connectivity index is 2.11. The molecule has 3 heteroatoms. The summed E-state index contributed by atoms with van der Waals surface area (Å²) >= 11 is 0. The Kier molecular flexibility index (Phi) is 2.40. The van der Waals surface area contributed by atoms with Crippen molar-refractivity contribution in [3.8, 4) is 0 Å². The second kappa shape index (κ2) is 3.74. The molecule has 0 aromatic carbocycles. The van der Waals surface area contributed by atoms with Crippen LogP contribution >= 0.6 is 0 Å². The predicted molar refractivity (Wildman–Crippen MR) is 75.2 cm³/mol. The minimum atomic E-state index is 0.106. The SMILES string of the molecule is CN=C1C=CNC2=CNC[C@H](C1)[C@]1(C)C=C[C@]21C. The molecule has 0 fully saturated rings. The molecule has 2 N–H and O–H groups in total. The molecular weight excluding hydrogens is 222 g/mol. The van der Waals surface area contributed by atoms with Crippen molar-refractivity contribution in [2.75, 3.05) is 13.6 Å². The molecule has 2 bridgehead atoms. The summed E-state index contributed by atoms with van der Waals surface area (Å²) < 4.78 is 0. The van der Waals surface area contributed by atoms with Gasteiger partial charge in [0, 0.05) is 48.2 Å². The quantitative estimate of drug-likeness (QED) is 0.640. The number of nitrogens with zero attached hydrogens (tertiary/aromatic N) is 1. The summed E-state index contributed by atoms with van der Waals surface area (Å²) in [5.74, 6) is 0.574. The zero-order valence-corrected chi connectivity index (χ0v) is 11.3. The predicted octanol–water partition coefficient (Wildman–Crippen LogP) is 2.21. The maximum absolute atomic E-state index is 4.39. The molecule has 0 radical (unpaired) electrons. The van der Waals surface area contributed by atoms with Crippen LogP contribution in [-0.4, -0.2) is 19.3 Å². The lowest BCUT2D eigenvalue weighted by Crippen LogP contribution is -2.50. The van der Waals surface area contributed by atoms with E-state index in [9.17, 15) is 0 Å². The van der Waals surface area contributed by atoms with E-state index < -0.39 is 0 Å². The van der Waals surface area contributed by atoms with Crippen LogP contribution in [0.3, 0.4) is 0 Å². The molecular formula is C15H21N3. The first-order chi connectivity index (χ1) is 8.60. The van der Waals surface area contributed by atoms with Crippen LogP contribution in [0.25, 0.3) is 0 Å². The normalized spacial score (nSPS) is 43.6. The van der Waals surface area contributed by atoms with E-state index in [-0.39, 0.29) is 10.8 Å². The largest absolute Gasteiger partial charge is 0.389 e. The molecule has 0 aromatic rings. The summed E-state index contributed by atoms with van der Waals surface area (Å²) in [6.45, 7) is 5.71. The standard InChI is InChI=1S/C15H21N3/c1-14-5-6-15(14,2)13-10-17-9-11(14)8-12(16-3)4-7-18-13/h4-7,10-11,17-18H,8-9H2,1-3H3/t11-,14-,15+/m0/s1. The summed E-state index contributed by atoms with van der Waals surface area (Å²) in [5.41, 5.74) is 2.73. The fourth-order valence-corrected chi connectivity index (χ4v) is 3.39. The van der Waals surface area contributed by atoms with E-state index in [1.54, 1.807) is 0 Å². The van der Waals surface area contributed by atoms with Crippen LogP contribution < -0.4 is 10.6 Å². The first-order valence-electron chi connectivity index (χ1n) is 6.63. The molecule has 2 aliphatic heterocycles. The van der Waals surface area contributed by atoms with Crippen molar-refractivity contribution in [3.05, 3.63) is 36.3 Å². The van der Waals surface area contributed by atoms with Gasteiger partial charge in [-0.3, -0.25) is 4.99 Å². The zero-order valence-electron chi connectivity index (χ0n) is 11.3. The van der Waals surface area contributed by atoms with Crippen molar-refractivity contribution < 1.29 is 0 Å². The fraction of sp³-hybridized carbons (Fsp3) is 0.533. The third kappa shape index (κ3) is 1.33. The second-order valence-corrected chi connectivity index (χ2v) is 5.88. The third-order valence-corrected chi connectivity index (χ3v) is 5.16. The van der Waals surface area contributed by atoms with Gasteiger partial charge in [-0.05, 0) is 25.3 Å². The Morgan fingerprint density at radius 1 is 1.33 bits per heavy atom. The summed E-state index contributed by atoms with van der Waals surface area (Å²) in [4.78, 5) is 4.39. The molecule has 0 unspecified atom stereocenters. The zero-order chi connectivity index (χ0) is 12.8. The number of hydrogen-bond acceptors (Lipinski definition) is 3. The van der Waals surface area contributed by atoms with Gasteiger partial charge >= 0.3 is 0 Å². The minimum absolute atomic E-state index is 0.106. The van der Waals surface area contributed by atoms with E-state index in [4.69, 9.17) is 0 Å². The van der Waals surface area contributed by atoms with Gasteiger partial charge in [0.05, 0.1) is 0 Å². The molecule has 0 saturated heterocycles. The summed E-state index contributed by atoms with van der Waals surface area (Å²) in [6, 6.07) is 0. The fourth-order valence-electron chi connectivity index (χ4n) is 3.39. The monoisotopic (exact) mass is 243 g/mol. The molecule has 2 heterocycles. The van der Waals surface area contributed by atoms with E-state index in [1.807, 2.05) is 13.2 Å². The van der Waals surface area contributed by atoms with Crippen molar-refractivity contribution in [2.45, 2.75) is 20.3 Å². The molecule has 96 valence electrons. The smallest absolute Gasteiger partial charge is 0.0413 e. The molecule has 3 atom stereocenters. The summed E-state index contributed by atoms with van der Waals surface area (Å²) in [7, 11) is 1.88. The van der Waals surface area contributed by atoms with Crippen LogP contribution in [0.4, 0.5) is 0 Å². The Hall–Kier alpha value is -1.51. The molecule has 1 aliphatic carbocycles. The molecule has 0 saturated carbocycles. The van der Waals surface area contributed by atoms with Gasteiger partial charge in [0.2, 0.25) is 0 Å². The number of nitrogens with one attached hydrogen (secondary N) is 2. The molecule has 18 heavy (non-hydrogen) atoms. The molecule has 0 spiro atoms. The van der Waals surface area contributed by atoms with Crippen molar-refractivity contribution in [1.82, 2.24) is 10.6 Å². The minimum Gasteiger partial charge on any atom is -0.389 e. The van der Waals surface area contributed by atoms with Gasteiger partial charge in [0.1, 0.15) is 0 Å². The van der Waals surface area contributed by atoms with Gasteiger partial charge in [-0.1, -0.05) is 19.1 Å². The highest BCUT2D eigenvalue weighted by Crippen LogP contribution is 2.59. The molecule has 3 rings (SSSR count). The van der Waals surface area contributed by atoms with E-state index >= 15 is 0 Å². The lowest BCUT2D eigenvalue weighted by atomic mass is 9.50. The number of rotatable bonds is 0. The Bertz CT molecular complexity index is 486. The van der Waals surface area contributed by atoms with Gasteiger partial charge in [-0.25, -0.2) is 0 Å². The highest BCUT2D eigenvalue weighted by atomic mass is 15.0. The van der Waals surface area contributed by atoms with Crippen molar-refractivity contribution in [2.24, 2.45) is 21.7 Å². The third-order valence-electron chi connectivity index (χ3n) is 5.16. The number of allylic oxidation sites excluding steroid dienone is 3. The summed E-state index contributed by atoms with van der Waals surface area (Å²) in [6.07, 6.45) is 12.0. The van der Waals surface area contributed by atoms with Gasteiger partial charge in [0.15, 0.2) is 0 Å². The van der Waals surface area contributed by atoms with E-state index in [0.717, 1.165) is 13.0 Å². The average Bonchev–Trinajstić information content (AvgIpc) is 2.43. The molecule has 0 aromatic heterocycles. The van der Waals surface area contributed by atoms with E-state index in [1.165, 1.54) is 11.4 Å². The topological polar surface area (TPSA) is 36.4 Å². The Morgan fingerprint density at radius 3 is 2.83 bits per heavy atom. The lowest BCUT2D eigenvalue weighted by Gasteiger charge is -2.53. The first-order valence-corrected chi connectivity index (χ1v) is 6.63. The van der Waals surface area contributed by atoms with Crippen LogP contribution in [0, 0.1) is 16.7 Å². The molecule has 3 aliphatic rings. The highest BCUT2D eigenvalue weighted by molar-refractivity contribution is 5.95. The maximum Gasteiger partial charge on any atom is 0.0413 e. The van der Waals surface area contributed by atoms with Crippen molar-refractivity contribution in [1.29, 1.82) is 0 Å². The second-order valence-electron chi connectivity index (χ2n) is 5.88. The van der Waals surface area contributed by atoms with Gasteiger partial charge in [-0.15, -0.1) is 0 Å². The summed E-state index contributed by atoms with van der Waals surface area (Å²) in [5, 5.41) is 6.90. The Morgan fingerprint density at radius 2 is 2.17 bits per heavy atom. The van der Waals surface area contributed by atoms with Gasteiger partial charge < -0.3 is 10.6 Å². The average molecular weight is 243 g/mol. The van der Waals surface area contributed by atoms with Gasteiger partial charge in [0.25, 0.3) is 0 Å². The molecule has 3 nitrogen and oxygen atoms in total. The van der Waals surface area contributed by atoms with Crippen LogP contribution in [0.1, 0.15) is 20.3 Å². The molecule has 0 amide bonds. The van der Waals surface area contributed by atoms with Crippen LogP contribution in [-0.2, 0) is 0 Å². The van der Waals surface area contributed by atoms with E-state index in [2.05, 4.69) is 53.9 Å². The van der Waals surface area contributed by atoms with Crippen LogP contribution in [0.2, 0.25) is 0 Å². The van der Waals surface area contributed by atoms with E-state index in [0.29, 0.717) is 5.92 Å². The van der Waals surface area contributed by atoms with Crippen molar-refractivity contribution in [3.63, 3.8) is 0 Å². The van der Waals surface area contributed by atoms with Crippen molar-refractivity contribution >= 4 is 5.71 Å².